The van der Waals surface area contributed by atoms with Gasteiger partial charge in [-0.05, 0) is 55.8 Å². The van der Waals surface area contributed by atoms with E-state index in [1.54, 1.807) is 38.2 Å². The van der Waals surface area contributed by atoms with Gasteiger partial charge in [-0.1, -0.05) is 6.07 Å². The van der Waals surface area contributed by atoms with Gasteiger partial charge in [0.25, 0.3) is 5.91 Å². The minimum absolute atomic E-state index is 0.154. The van der Waals surface area contributed by atoms with Crippen LogP contribution < -0.4 is 9.47 Å². The third-order valence-corrected chi connectivity index (χ3v) is 3.90. The molecule has 0 aromatic heterocycles. The molecular formula is C19H21F2NO3. The van der Waals surface area contributed by atoms with Gasteiger partial charge in [-0.15, -0.1) is 0 Å². The van der Waals surface area contributed by atoms with Gasteiger partial charge in [-0.3, -0.25) is 4.79 Å². The van der Waals surface area contributed by atoms with Crippen LogP contribution in [0.25, 0.3) is 0 Å². The van der Waals surface area contributed by atoms with Crippen LogP contribution in [0.2, 0.25) is 0 Å². The van der Waals surface area contributed by atoms with Crippen molar-refractivity contribution >= 4 is 5.91 Å². The summed E-state index contributed by atoms with van der Waals surface area (Å²) in [6.45, 7) is 4.05. The number of rotatable bonds is 7. The van der Waals surface area contributed by atoms with Crippen molar-refractivity contribution < 1.29 is 23.0 Å². The SMILES string of the molecule is CCOc1ccc(OCC(=O)N(C)C(C)c2ccc(F)c(F)c2)cc1. The maximum atomic E-state index is 13.3. The van der Waals surface area contributed by atoms with E-state index in [0.29, 0.717) is 17.9 Å². The number of amides is 1. The second-order valence-corrected chi connectivity index (χ2v) is 5.55. The Balaban J connectivity index is 1.93. The zero-order valence-electron chi connectivity index (χ0n) is 14.5. The zero-order valence-corrected chi connectivity index (χ0v) is 14.5. The average Bonchev–Trinajstić information content (AvgIpc) is 2.62. The molecule has 4 nitrogen and oxygen atoms in total. The van der Waals surface area contributed by atoms with Gasteiger partial charge in [0, 0.05) is 7.05 Å². The Morgan fingerprint density at radius 2 is 1.64 bits per heavy atom. The molecule has 25 heavy (non-hydrogen) atoms. The van der Waals surface area contributed by atoms with E-state index in [9.17, 15) is 13.6 Å². The van der Waals surface area contributed by atoms with Crippen molar-refractivity contribution in [3.8, 4) is 11.5 Å². The van der Waals surface area contributed by atoms with Crippen LogP contribution in [0.4, 0.5) is 8.78 Å². The van der Waals surface area contributed by atoms with E-state index in [2.05, 4.69) is 0 Å². The molecule has 0 heterocycles. The van der Waals surface area contributed by atoms with E-state index in [0.717, 1.165) is 17.9 Å². The molecule has 2 rings (SSSR count). The lowest BCUT2D eigenvalue weighted by Crippen LogP contribution is -2.33. The molecule has 0 saturated heterocycles. The number of hydrogen-bond acceptors (Lipinski definition) is 3. The molecule has 0 saturated carbocycles. The molecule has 0 bridgehead atoms. The minimum Gasteiger partial charge on any atom is -0.494 e. The molecule has 0 aliphatic carbocycles. The summed E-state index contributed by atoms with van der Waals surface area (Å²) in [5, 5.41) is 0. The van der Waals surface area contributed by atoms with Crippen molar-refractivity contribution in [1.82, 2.24) is 4.90 Å². The summed E-state index contributed by atoms with van der Waals surface area (Å²) < 4.78 is 37.2. The van der Waals surface area contributed by atoms with Gasteiger partial charge in [0.05, 0.1) is 12.6 Å². The highest BCUT2D eigenvalue weighted by molar-refractivity contribution is 5.78. The zero-order chi connectivity index (χ0) is 18.4. The normalized spacial score (nSPS) is 11.7. The third kappa shape index (κ3) is 4.92. The first-order chi connectivity index (χ1) is 11.9. The predicted molar refractivity (Wildman–Crippen MR) is 90.6 cm³/mol. The van der Waals surface area contributed by atoms with Crippen LogP contribution in [0, 0.1) is 11.6 Å². The molecule has 6 heteroatoms. The Morgan fingerprint density at radius 3 is 2.20 bits per heavy atom. The average molecular weight is 349 g/mol. The highest BCUT2D eigenvalue weighted by Gasteiger charge is 2.19. The van der Waals surface area contributed by atoms with Gasteiger partial charge in [-0.2, -0.15) is 0 Å². The number of carbonyl (C=O) groups excluding carboxylic acids is 1. The van der Waals surface area contributed by atoms with Crippen LogP contribution >= 0.6 is 0 Å². The van der Waals surface area contributed by atoms with Crippen molar-refractivity contribution in [3.05, 3.63) is 59.7 Å². The number of benzene rings is 2. The summed E-state index contributed by atoms with van der Waals surface area (Å²) in [6.07, 6.45) is 0. The monoisotopic (exact) mass is 349 g/mol. The summed E-state index contributed by atoms with van der Waals surface area (Å²) in [5.41, 5.74) is 0.510. The minimum atomic E-state index is -0.934. The molecule has 0 aliphatic rings. The molecule has 0 fully saturated rings. The number of likely N-dealkylation sites (N-methyl/N-ethyl adjacent to an activating group) is 1. The quantitative estimate of drug-likeness (QED) is 0.759. The van der Waals surface area contributed by atoms with Crippen LogP contribution in [0.3, 0.4) is 0 Å². The first-order valence-electron chi connectivity index (χ1n) is 7.98. The summed E-state index contributed by atoms with van der Waals surface area (Å²) >= 11 is 0. The van der Waals surface area contributed by atoms with Crippen molar-refractivity contribution in [2.24, 2.45) is 0 Å². The fraction of sp³-hybridized carbons (Fsp3) is 0.316. The predicted octanol–water partition coefficient (Wildman–Crippen LogP) is 3.96. The van der Waals surface area contributed by atoms with Gasteiger partial charge in [-0.25, -0.2) is 8.78 Å². The van der Waals surface area contributed by atoms with Crippen molar-refractivity contribution in [1.29, 1.82) is 0 Å². The summed E-state index contributed by atoms with van der Waals surface area (Å²) in [5.74, 6) is -0.846. The van der Waals surface area contributed by atoms with Crippen LogP contribution in [0.1, 0.15) is 25.5 Å². The fourth-order valence-electron chi connectivity index (χ4n) is 2.26. The van der Waals surface area contributed by atoms with Gasteiger partial charge in [0.15, 0.2) is 18.2 Å². The van der Waals surface area contributed by atoms with Gasteiger partial charge in [0.1, 0.15) is 11.5 Å². The van der Waals surface area contributed by atoms with E-state index >= 15 is 0 Å². The number of carbonyl (C=O) groups is 1. The maximum Gasteiger partial charge on any atom is 0.260 e. The molecule has 0 radical (unpaired) electrons. The highest BCUT2D eigenvalue weighted by atomic mass is 19.2. The molecule has 0 spiro atoms. The Hall–Kier alpha value is -2.63. The van der Waals surface area contributed by atoms with E-state index in [1.165, 1.54) is 11.0 Å². The molecule has 2 aromatic carbocycles. The number of hydrogen-bond donors (Lipinski definition) is 0. The van der Waals surface area contributed by atoms with E-state index < -0.39 is 17.7 Å². The van der Waals surface area contributed by atoms with Crippen LogP contribution in [-0.2, 0) is 4.79 Å². The standard InChI is InChI=1S/C19H21F2NO3/c1-4-24-15-6-8-16(9-7-15)25-12-19(23)22(3)13(2)14-5-10-17(20)18(21)11-14/h5-11,13H,4,12H2,1-3H3. The van der Waals surface area contributed by atoms with Gasteiger partial charge in [0.2, 0.25) is 0 Å². The fourth-order valence-corrected chi connectivity index (χ4v) is 2.26. The van der Waals surface area contributed by atoms with Crippen molar-refractivity contribution in [2.45, 2.75) is 19.9 Å². The molecular weight excluding hydrogens is 328 g/mol. The summed E-state index contributed by atoms with van der Waals surface area (Å²) in [6, 6.07) is 10.2. The number of nitrogens with zero attached hydrogens (tertiary/aromatic N) is 1. The molecule has 2 aromatic rings. The molecule has 1 unspecified atom stereocenters. The molecule has 0 N–H and O–H groups in total. The third-order valence-electron chi connectivity index (χ3n) is 3.90. The Kier molecular flexibility index (Phi) is 6.33. The maximum absolute atomic E-state index is 13.3. The number of ether oxygens (including phenoxy) is 2. The first-order valence-corrected chi connectivity index (χ1v) is 7.98. The van der Waals surface area contributed by atoms with Crippen LogP contribution in [0.15, 0.2) is 42.5 Å². The summed E-state index contributed by atoms with van der Waals surface area (Å²) in [4.78, 5) is 13.7. The molecule has 0 aliphatic heterocycles. The van der Waals surface area contributed by atoms with Crippen LogP contribution in [-0.4, -0.2) is 31.1 Å². The smallest absolute Gasteiger partial charge is 0.260 e. The second kappa shape index (κ2) is 8.46. The largest absolute Gasteiger partial charge is 0.494 e. The van der Waals surface area contributed by atoms with Crippen molar-refractivity contribution in [3.63, 3.8) is 0 Å². The second-order valence-electron chi connectivity index (χ2n) is 5.55. The first kappa shape index (κ1) is 18.7. The molecule has 134 valence electrons. The van der Waals surface area contributed by atoms with E-state index in [1.807, 2.05) is 6.92 Å². The van der Waals surface area contributed by atoms with Crippen molar-refractivity contribution in [2.75, 3.05) is 20.3 Å². The lowest BCUT2D eigenvalue weighted by atomic mass is 10.1. The number of halogens is 2. The van der Waals surface area contributed by atoms with E-state index in [-0.39, 0.29) is 12.5 Å². The summed E-state index contributed by atoms with van der Waals surface area (Å²) in [7, 11) is 1.59. The Morgan fingerprint density at radius 1 is 1.04 bits per heavy atom. The van der Waals surface area contributed by atoms with E-state index in [4.69, 9.17) is 9.47 Å². The molecule has 1 amide bonds. The molecule has 1 atom stereocenters. The Bertz CT molecular complexity index is 719. The van der Waals surface area contributed by atoms with Crippen LogP contribution in [0.5, 0.6) is 11.5 Å². The Labute approximate surface area is 146 Å². The van der Waals surface area contributed by atoms with Gasteiger partial charge >= 0.3 is 0 Å². The lowest BCUT2D eigenvalue weighted by molar-refractivity contribution is -0.134. The highest BCUT2D eigenvalue weighted by Crippen LogP contribution is 2.22. The van der Waals surface area contributed by atoms with Gasteiger partial charge < -0.3 is 14.4 Å². The lowest BCUT2D eigenvalue weighted by Gasteiger charge is -2.25. The topological polar surface area (TPSA) is 38.8 Å².